The van der Waals surface area contributed by atoms with Crippen LogP contribution in [0.5, 0.6) is 0 Å². The number of hydrogen-bond donors (Lipinski definition) is 2. The number of carbonyl (C=O) groups is 1. The maximum absolute atomic E-state index is 12.4. The molecule has 3 nitrogen and oxygen atoms in total. The molecule has 120 valence electrons. The van der Waals surface area contributed by atoms with Gasteiger partial charge in [0, 0.05) is 10.7 Å². The van der Waals surface area contributed by atoms with Crippen LogP contribution in [0.4, 0.5) is 5.69 Å². The smallest absolute Gasteiger partial charge is 0.224 e. The SMILES string of the molecule is Nc1ccc(CC(=O)NC(c2ccc(Cl)cc2)C2CCC2)cc1. The van der Waals surface area contributed by atoms with Crippen LogP contribution in [0, 0.1) is 5.92 Å². The average molecular weight is 329 g/mol. The minimum atomic E-state index is 0.0432. The van der Waals surface area contributed by atoms with Crippen LogP contribution in [-0.2, 0) is 11.2 Å². The molecule has 0 aromatic heterocycles. The van der Waals surface area contributed by atoms with Crippen molar-refractivity contribution in [1.29, 1.82) is 0 Å². The fourth-order valence-electron chi connectivity index (χ4n) is 2.96. The Morgan fingerprint density at radius 2 is 1.78 bits per heavy atom. The Morgan fingerprint density at radius 3 is 2.35 bits per heavy atom. The van der Waals surface area contributed by atoms with Crippen LogP contribution < -0.4 is 11.1 Å². The van der Waals surface area contributed by atoms with Gasteiger partial charge in [0.1, 0.15) is 0 Å². The molecule has 23 heavy (non-hydrogen) atoms. The molecular formula is C19H21ClN2O. The third-order valence-electron chi connectivity index (χ3n) is 4.51. The molecule has 3 N–H and O–H groups in total. The second kappa shape index (κ2) is 7.05. The van der Waals surface area contributed by atoms with Crippen molar-refractivity contribution in [2.75, 3.05) is 5.73 Å². The number of nitrogen functional groups attached to an aromatic ring is 1. The average Bonchev–Trinajstić information content (AvgIpc) is 2.48. The zero-order valence-corrected chi connectivity index (χ0v) is 13.7. The fourth-order valence-corrected chi connectivity index (χ4v) is 3.09. The molecule has 1 atom stereocenters. The molecule has 0 heterocycles. The van der Waals surface area contributed by atoms with E-state index in [1.807, 2.05) is 48.5 Å². The zero-order valence-electron chi connectivity index (χ0n) is 13.0. The molecule has 0 saturated heterocycles. The summed E-state index contributed by atoms with van der Waals surface area (Å²) in [5.74, 6) is 0.563. The van der Waals surface area contributed by atoms with Gasteiger partial charge >= 0.3 is 0 Å². The summed E-state index contributed by atoms with van der Waals surface area (Å²) in [5, 5.41) is 3.92. The van der Waals surface area contributed by atoms with Crippen LogP contribution in [0.3, 0.4) is 0 Å². The van der Waals surface area contributed by atoms with E-state index < -0.39 is 0 Å². The lowest BCUT2D eigenvalue weighted by molar-refractivity contribution is -0.121. The summed E-state index contributed by atoms with van der Waals surface area (Å²) < 4.78 is 0. The zero-order chi connectivity index (χ0) is 16.2. The largest absolute Gasteiger partial charge is 0.399 e. The predicted octanol–water partition coefficient (Wildman–Crippen LogP) is 4.12. The molecule has 1 amide bonds. The van der Waals surface area contributed by atoms with E-state index in [9.17, 15) is 4.79 Å². The maximum Gasteiger partial charge on any atom is 0.224 e. The van der Waals surface area contributed by atoms with Crippen molar-refractivity contribution in [2.45, 2.75) is 31.7 Å². The van der Waals surface area contributed by atoms with E-state index in [-0.39, 0.29) is 11.9 Å². The van der Waals surface area contributed by atoms with Gasteiger partial charge in [-0.05, 0) is 54.2 Å². The monoisotopic (exact) mass is 328 g/mol. The third kappa shape index (κ3) is 4.05. The molecule has 2 aromatic carbocycles. The molecule has 1 aliphatic carbocycles. The third-order valence-corrected chi connectivity index (χ3v) is 4.76. The highest BCUT2D eigenvalue weighted by Crippen LogP contribution is 2.38. The Balaban J connectivity index is 1.69. The number of hydrogen-bond acceptors (Lipinski definition) is 2. The Bertz CT molecular complexity index is 663. The maximum atomic E-state index is 12.4. The van der Waals surface area contributed by atoms with Gasteiger partial charge in [0.15, 0.2) is 0 Å². The van der Waals surface area contributed by atoms with Gasteiger partial charge in [-0.15, -0.1) is 0 Å². The van der Waals surface area contributed by atoms with E-state index in [1.54, 1.807) is 0 Å². The van der Waals surface area contributed by atoms with Crippen molar-refractivity contribution in [3.63, 3.8) is 0 Å². The van der Waals surface area contributed by atoms with Crippen molar-refractivity contribution in [3.8, 4) is 0 Å². The number of anilines is 1. The summed E-state index contributed by atoms with van der Waals surface area (Å²) in [6.07, 6.45) is 3.94. The normalized spacial score (nSPS) is 15.7. The Kier molecular flexibility index (Phi) is 4.87. The van der Waals surface area contributed by atoms with Crippen LogP contribution >= 0.6 is 11.6 Å². The highest BCUT2D eigenvalue weighted by Gasteiger charge is 2.29. The molecular weight excluding hydrogens is 308 g/mol. The van der Waals surface area contributed by atoms with Crippen LogP contribution in [0.25, 0.3) is 0 Å². The first-order valence-corrected chi connectivity index (χ1v) is 8.39. The lowest BCUT2D eigenvalue weighted by atomic mass is 9.77. The van der Waals surface area contributed by atoms with Gasteiger partial charge in [0.2, 0.25) is 5.91 Å². The Morgan fingerprint density at radius 1 is 1.13 bits per heavy atom. The van der Waals surface area contributed by atoms with Gasteiger partial charge in [-0.25, -0.2) is 0 Å². The van der Waals surface area contributed by atoms with Crippen molar-refractivity contribution >= 4 is 23.2 Å². The van der Waals surface area contributed by atoms with E-state index in [0.29, 0.717) is 23.0 Å². The van der Waals surface area contributed by atoms with E-state index in [0.717, 1.165) is 24.0 Å². The second-order valence-electron chi connectivity index (χ2n) is 6.21. The highest BCUT2D eigenvalue weighted by molar-refractivity contribution is 6.30. The van der Waals surface area contributed by atoms with E-state index >= 15 is 0 Å². The summed E-state index contributed by atoms with van der Waals surface area (Å²) in [4.78, 5) is 12.4. The second-order valence-corrected chi connectivity index (χ2v) is 6.64. The van der Waals surface area contributed by atoms with Gasteiger partial charge < -0.3 is 11.1 Å². The molecule has 0 radical (unpaired) electrons. The van der Waals surface area contributed by atoms with E-state index in [4.69, 9.17) is 17.3 Å². The summed E-state index contributed by atoms with van der Waals surface area (Å²) in [6.45, 7) is 0. The topological polar surface area (TPSA) is 55.1 Å². The van der Waals surface area contributed by atoms with Crippen LogP contribution in [0.2, 0.25) is 5.02 Å². The molecule has 2 aromatic rings. The van der Waals surface area contributed by atoms with Gasteiger partial charge in [0.05, 0.1) is 12.5 Å². The fraction of sp³-hybridized carbons (Fsp3) is 0.316. The molecule has 1 saturated carbocycles. The minimum Gasteiger partial charge on any atom is -0.399 e. The Labute approximate surface area is 141 Å². The molecule has 1 unspecified atom stereocenters. The lowest BCUT2D eigenvalue weighted by Crippen LogP contribution is -2.37. The van der Waals surface area contributed by atoms with Gasteiger partial charge in [-0.3, -0.25) is 4.79 Å². The molecule has 3 rings (SSSR count). The Hall–Kier alpha value is -2.00. The number of carbonyl (C=O) groups excluding carboxylic acids is 1. The van der Waals surface area contributed by atoms with Gasteiger partial charge in [-0.1, -0.05) is 42.3 Å². The number of nitrogens with one attached hydrogen (secondary N) is 1. The predicted molar refractivity (Wildman–Crippen MR) is 94.2 cm³/mol. The number of amides is 1. The van der Waals surface area contributed by atoms with Gasteiger partial charge in [0.25, 0.3) is 0 Å². The number of rotatable bonds is 5. The first kappa shape index (κ1) is 15.9. The minimum absolute atomic E-state index is 0.0432. The first-order valence-electron chi connectivity index (χ1n) is 8.01. The summed E-state index contributed by atoms with van der Waals surface area (Å²) in [7, 11) is 0. The van der Waals surface area contributed by atoms with Crippen molar-refractivity contribution in [1.82, 2.24) is 5.32 Å². The van der Waals surface area contributed by atoms with Crippen molar-refractivity contribution < 1.29 is 4.79 Å². The van der Waals surface area contributed by atoms with Crippen molar-refractivity contribution in [3.05, 3.63) is 64.7 Å². The molecule has 1 fully saturated rings. The standard InChI is InChI=1S/C19H21ClN2O/c20-16-8-6-15(7-9-16)19(14-2-1-3-14)22-18(23)12-13-4-10-17(21)11-5-13/h4-11,14,19H,1-3,12,21H2,(H,22,23). The molecule has 0 bridgehead atoms. The van der Waals surface area contributed by atoms with E-state index in [2.05, 4.69) is 5.32 Å². The quantitative estimate of drug-likeness (QED) is 0.811. The van der Waals surface area contributed by atoms with Crippen LogP contribution in [0.1, 0.15) is 36.4 Å². The molecule has 1 aliphatic rings. The number of benzene rings is 2. The molecule has 0 spiro atoms. The lowest BCUT2D eigenvalue weighted by Gasteiger charge is -2.34. The first-order chi connectivity index (χ1) is 11.1. The molecule has 4 heteroatoms. The molecule has 0 aliphatic heterocycles. The summed E-state index contributed by atoms with van der Waals surface area (Å²) in [6, 6.07) is 15.3. The summed E-state index contributed by atoms with van der Waals surface area (Å²) in [5.41, 5.74) is 8.49. The van der Waals surface area contributed by atoms with E-state index in [1.165, 1.54) is 6.42 Å². The van der Waals surface area contributed by atoms with Gasteiger partial charge in [-0.2, -0.15) is 0 Å². The van der Waals surface area contributed by atoms with Crippen LogP contribution in [-0.4, -0.2) is 5.91 Å². The van der Waals surface area contributed by atoms with Crippen molar-refractivity contribution in [2.24, 2.45) is 5.92 Å². The summed E-state index contributed by atoms with van der Waals surface area (Å²) >= 11 is 5.97. The van der Waals surface area contributed by atoms with Crippen LogP contribution in [0.15, 0.2) is 48.5 Å². The number of halogens is 1. The number of nitrogens with two attached hydrogens (primary N) is 1. The highest BCUT2D eigenvalue weighted by atomic mass is 35.5.